The molecule has 0 bridgehead atoms. The van der Waals surface area contributed by atoms with Crippen LogP contribution >= 0.6 is 0 Å². The number of nitro benzene ring substituents is 1. The van der Waals surface area contributed by atoms with Gasteiger partial charge in [0.15, 0.2) is 11.5 Å². The van der Waals surface area contributed by atoms with Crippen molar-refractivity contribution in [1.29, 1.82) is 0 Å². The Kier molecular flexibility index (Phi) is 7.82. The second kappa shape index (κ2) is 10.8. The van der Waals surface area contributed by atoms with Crippen molar-refractivity contribution in [2.24, 2.45) is 0 Å². The summed E-state index contributed by atoms with van der Waals surface area (Å²) in [6.07, 6.45) is 0.540. The van der Waals surface area contributed by atoms with Gasteiger partial charge in [0.25, 0.3) is 11.6 Å². The third-order valence-corrected chi connectivity index (χ3v) is 6.39. The van der Waals surface area contributed by atoms with Crippen molar-refractivity contribution in [3.8, 4) is 11.5 Å². The van der Waals surface area contributed by atoms with Crippen LogP contribution in [0.2, 0.25) is 0 Å². The van der Waals surface area contributed by atoms with E-state index >= 15 is 0 Å². The normalized spacial score (nSPS) is 11.0. The molecule has 0 atom stereocenters. The summed E-state index contributed by atoms with van der Waals surface area (Å²) in [4.78, 5) is 23.5. The molecule has 3 aromatic rings. The molecule has 0 spiro atoms. The molecule has 0 unspecified atom stereocenters. The third-order valence-electron chi connectivity index (χ3n) is 4.91. The first-order valence-corrected chi connectivity index (χ1v) is 11.6. The van der Waals surface area contributed by atoms with Crippen molar-refractivity contribution >= 4 is 27.3 Å². The number of anilines is 1. The van der Waals surface area contributed by atoms with Crippen LogP contribution in [-0.4, -0.2) is 40.0 Å². The van der Waals surface area contributed by atoms with E-state index in [0.29, 0.717) is 6.42 Å². The number of sulfonamides is 1. The number of nitro groups is 1. The highest BCUT2D eigenvalue weighted by atomic mass is 32.2. The number of benzene rings is 3. The number of methoxy groups -OCH3 is 2. The Labute approximate surface area is 196 Å². The molecule has 0 aliphatic carbocycles. The van der Waals surface area contributed by atoms with Crippen LogP contribution in [0.25, 0.3) is 0 Å². The molecule has 0 aromatic heterocycles. The molecule has 2 N–H and O–H groups in total. The molecule has 0 heterocycles. The predicted molar refractivity (Wildman–Crippen MR) is 126 cm³/mol. The molecule has 0 saturated carbocycles. The van der Waals surface area contributed by atoms with Crippen LogP contribution in [0.5, 0.6) is 11.5 Å². The molecule has 0 saturated heterocycles. The standard InChI is InChI=1S/C23H23N3O7S/c1-32-21-14-19(20(26(28)29)15-22(21)33-2)23(27)25-17-8-10-18(11-9-17)34(30,31)24-13-12-16-6-4-3-5-7-16/h3-11,14-15,24H,12-13H2,1-2H3,(H,25,27). The van der Waals surface area contributed by atoms with Gasteiger partial charge in [0, 0.05) is 18.3 Å². The Bertz CT molecular complexity index is 1280. The summed E-state index contributed by atoms with van der Waals surface area (Å²) in [6.45, 7) is 0.230. The lowest BCUT2D eigenvalue weighted by atomic mass is 10.1. The van der Waals surface area contributed by atoms with E-state index in [2.05, 4.69) is 10.0 Å². The summed E-state index contributed by atoms with van der Waals surface area (Å²) in [5, 5.41) is 14.0. The van der Waals surface area contributed by atoms with Crippen molar-refractivity contribution < 1.29 is 27.6 Å². The smallest absolute Gasteiger partial charge is 0.286 e. The lowest BCUT2D eigenvalue weighted by Crippen LogP contribution is -2.26. The molecule has 178 valence electrons. The van der Waals surface area contributed by atoms with Gasteiger partial charge in [-0.15, -0.1) is 0 Å². The first kappa shape index (κ1) is 24.7. The number of hydrogen-bond donors (Lipinski definition) is 2. The first-order valence-electron chi connectivity index (χ1n) is 10.1. The van der Waals surface area contributed by atoms with Crippen LogP contribution in [0.4, 0.5) is 11.4 Å². The van der Waals surface area contributed by atoms with E-state index < -0.39 is 26.5 Å². The van der Waals surface area contributed by atoms with Gasteiger partial charge in [0.2, 0.25) is 10.0 Å². The largest absolute Gasteiger partial charge is 0.493 e. The summed E-state index contributed by atoms with van der Waals surface area (Å²) in [6, 6.07) is 17.3. The Morgan fingerprint density at radius 3 is 2.18 bits per heavy atom. The zero-order valence-electron chi connectivity index (χ0n) is 18.5. The Morgan fingerprint density at radius 1 is 0.971 bits per heavy atom. The molecule has 0 aliphatic rings. The fraction of sp³-hybridized carbons (Fsp3) is 0.174. The first-order chi connectivity index (χ1) is 16.2. The van der Waals surface area contributed by atoms with Crippen molar-refractivity contribution in [3.63, 3.8) is 0 Å². The van der Waals surface area contributed by atoms with Gasteiger partial charge in [-0.3, -0.25) is 14.9 Å². The van der Waals surface area contributed by atoms with Crippen molar-refractivity contribution in [3.05, 3.63) is 88.0 Å². The van der Waals surface area contributed by atoms with Crippen LogP contribution < -0.4 is 19.5 Å². The molecule has 0 fully saturated rings. The summed E-state index contributed by atoms with van der Waals surface area (Å²) in [5.41, 5.74) is 0.573. The van der Waals surface area contributed by atoms with Crippen molar-refractivity contribution in [2.75, 3.05) is 26.1 Å². The summed E-state index contributed by atoms with van der Waals surface area (Å²) in [7, 11) is -1.07. The van der Waals surface area contributed by atoms with E-state index in [4.69, 9.17) is 9.47 Å². The third kappa shape index (κ3) is 5.88. The molecule has 3 rings (SSSR count). The van der Waals surface area contributed by atoms with E-state index in [0.717, 1.165) is 11.6 Å². The highest BCUT2D eigenvalue weighted by Gasteiger charge is 2.25. The zero-order valence-corrected chi connectivity index (χ0v) is 19.3. The minimum atomic E-state index is -3.74. The van der Waals surface area contributed by atoms with Gasteiger partial charge in [-0.2, -0.15) is 0 Å². The Hall–Kier alpha value is -3.96. The highest BCUT2D eigenvalue weighted by molar-refractivity contribution is 7.89. The summed E-state index contributed by atoms with van der Waals surface area (Å²) >= 11 is 0. The van der Waals surface area contributed by atoms with Crippen LogP contribution in [-0.2, 0) is 16.4 Å². The van der Waals surface area contributed by atoms with Crippen LogP contribution in [0.3, 0.4) is 0 Å². The van der Waals surface area contributed by atoms with Gasteiger partial charge < -0.3 is 14.8 Å². The van der Waals surface area contributed by atoms with Crippen molar-refractivity contribution in [1.82, 2.24) is 4.72 Å². The predicted octanol–water partition coefficient (Wildman–Crippen LogP) is 3.39. The monoisotopic (exact) mass is 485 g/mol. The zero-order chi connectivity index (χ0) is 24.7. The number of nitrogens with zero attached hydrogens (tertiary/aromatic N) is 1. The van der Waals surface area contributed by atoms with Gasteiger partial charge >= 0.3 is 0 Å². The number of ether oxygens (including phenoxy) is 2. The molecule has 10 nitrogen and oxygen atoms in total. The Balaban J connectivity index is 1.71. The minimum Gasteiger partial charge on any atom is -0.493 e. The lowest BCUT2D eigenvalue weighted by molar-refractivity contribution is -0.385. The Morgan fingerprint density at radius 2 is 1.59 bits per heavy atom. The van der Waals surface area contributed by atoms with Crippen LogP contribution in [0, 0.1) is 10.1 Å². The molecule has 3 aromatic carbocycles. The second-order valence-electron chi connectivity index (χ2n) is 7.09. The number of amides is 1. The molecule has 0 radical (unpaired) electrons. The van der Waals surface area contributed by atoms with Gasteiger partial charge in [-0.05, 0) is 36.2 Å². The maximum Gasteiger partial charge on any atom is 0.286 e. The number of hydrogen-bond acceptors (Lipinski definition) is 7. The number of rotatable bonds is 10. The van der Waals surface area contributed by atoms with E-state index in [1.165, 1.54) is 44.6 Å². The van der Waals surface area contributed by atoms with Crippen molar-refractivity contribution in [2.45, 2.75) is 11.3 Å². The average Bonchev–Trinajstić information content (AvgIpc) is 2.84. The van der Waals surface area contributed by atoms with E-state index in [1.54, 1.807) is 0 Å². The second-order valence-corrected chi connectivity index (χ2v) is 8.86. The lowest BCUT2D eigenvalue weighted by Gasteiger charge is -2.11. The summed E-state index contributed by atoms with van der Waals surface area (Å²) in [5.74, 6) is -0.495. The number of nitrogens with one attached hydrogen (secondary N) is 2. The molecule has 1 amide bonds. The van der Waals surface area contributed by atoms with Crippen LogP contribution in [0.1, 0.15) is 15.9 Å². The van der Waals surface area contributed by atoms with E-state index in [9.17, 15) is 23.3 Å². The molecule has 34 heavy (non-hydrogen) atoms. The quantitative estimate of drug-likeness (QED) is 0.332. The van der Waals surface area contributed by atoms with Gasteiger partial charge in [-0.25, -0.2) is 13.1 Å². The molecular formula is C23H23N3O7S. The van der Waals surface area contributed by atoms with Gasteiger partial charge in [-0.1, -0.05) is 30.3 Å². The summed E-state index contributed by atoms with van der Waals surface area (Å²) < 4.78 is 37.8. The SMILES string of the molecule is COc1cc(C(=O)Nc2ccc(S(=O)(=O)NCCc3ccccc3)cc2)c([N+](=O)[O-])cc1OC. The maximum atomic E-state index is 12.7. The molecule has 0 aliphatic heterocycles. The van der Waals surface area contributed by atoms with Crippen LogP contribution in [0.15, 0.2) is 71.6 Å². The fourth-order valence-electron chi connectivity index (χ4n) is 3.17. The fourth-order valence-corrected chi connectivity index (χ4v) is 4.21. The minimum absolute atomic E-state index is 0.0238. The van der Waals surface area contributed by atoms with E-state index in [1.807, 2.05) is 30.3 Å². The molecule has 11 heteroatoms. The number of carbonyl (C=O) groups is 1. The highest BCUT2D eigenvalue weighted by Crippen LogP contribution is 2.34. The van der Waals surface area contributed by atoms with E-state index in [-0.39, 0.29) is 34.2 Å². The maximum absolute atomic E-state index is 12.7. The number of carbonyl (C=O) groups excluding carboxylic acids is 1. The van der Waals surface area contributed by atoms with Gasteiger partial charge in [0.05, 0.1) is 30.1 Å². The average molecular weight is 486 g/mol. The molecular weight excluding hydrogens is 462 g/mol. The topological polar surface area (TPSA) is 137 Å². The van der Waals surface area contributed by atoms with Gasteiger partial charge in [0.1, 0.15) is 5.56 Å².